The van der Waals surface area contributed by atoms with E-state index in [0.717, 1.165) is 0 Å². The topological polar surface area (TPSA) is 180 Å². The molecule has 2 aromatic carbocycles. The zero-order valence-corrected chi connectivity index (χ0v) is 17.0. The van der Waals surface area contributed by atoms with Gasteiger partial charge >= 0.3 is 5.97 Å². The number of rotatable bonds is 9. The second kappa shape index (κ2) is 11.0. The zero-order valence-electron chi connectivity index (χ0n) is 16.3. The Balaban J connectivity index is 2.00. The molecule has 2 atom stereocenters. The van der Waals surface area contributed by atoms with Crippen molar-refractivity contribution in [2.75, 3.05) is 6.54 Å². The molecule has 0 aliphatic rings. The molecule has 0 bridgehead atoms. The lowest BCUT2D eigenvalue weighted by Gasteiger charge is -2.23. The highest BCUT2D eigenvalue weighted by Gasteiger charge is 2.25. The Kier molecular flexibility index (Phi) is 8.35. The molecule has 0 heterocycles. The second-order valence-electron chi connectivity index (χ2n) is 6.54. The number of carboxylic acid groups (broad SMARTS) is 1. The fourth-order valence-electron chi connectivity index (χ4n) is 2.71. The van der Waals surface area contributed by atoms with Crippen LogP contribution >= 0.6 is 11.6 Å². The van der Waals surface area contributed by atoms with Gasteiger partial charge in [-0.05, 0) is 35.9 Å². The van der Waals surface area contributed by atoms with Gasteiger partial charge in [0.15, 0.2) is 5.96 Å². The summed E-state index contributed by atoms with van der Waals surface area (Å²) in [5.74, 6) is -2.61. The summed E-state index contributed by atoms with van der Waals surface area (Å²) >= 11 is 5.82. The van der Waals surface area contributed by atoms with Gasteiger partial charge in [0.25, 0.3) is 5.91 Å². The van der Waals surface area contributed by atoms with E-state index in [1.165, 1.54) is 36.4 Å². The van der Waals surface area contributed by atoms with Crippen molar-refractivity contribution in [2.24, 2.45) is 16.5 Å². The lowest BCUT2D eigenvalue weighted by Crippen LogP contribution is -2.45. The van der Waals surface area contributed by atoms with E-state index in [2.05, 4.69) is 15.6 Å². The van der Waals surface area contributed by atoms with Crippen LogP contribution in [0.3, 0.4) is 0 Å². The molecule has 2 amide bonds. The quantitative estimate of drug-likeness (QED) is 0.241. The van der Waals surface area contributed by atoms with Gasteiger partial charge in [-0.15, -0.1) is 0 Å². The van der Waals surface area contributed by atoms with E-state index in [9.17, 15) is 19.5 Å². The summed E-state index contributed by atoms with van der Waals surface area (Å²) in [5.41, 5.74) is 11.6. The van der Waals surface area contributed by atoms with Crippen molar-refractivity contribution >= 4 is 41.0 Å². The number of nitrogens with zero attached hydrogens (tertiary/aromatic N) is 1. The lowest BCUT2D eigenvalue weighted by molar-refractivity contribution is -0.138. The van der Waals surface area contributed by atoms with E-state index < -0.39 is 42.9 Å². The van der Waals surface area contributed by atoms with Crippen molar-refractivity contribution in [3.05, 3.63) is 64.7 Å². The highest BCUT2D eigenvalue weighted by atomic mass is 35.5. The Morgan fingerprint density at radius 1 is 1.10 bits per heavy atom. The van der Waals surface area contributed by atoms with Gasteiger partial charge in [-0.2, -0.15) is 0 Å². The Labute approximate surface area is 182 Å². The number of aliphatic carboxylic acids is 1. The highest BCUT2D eigenvalue weighted by Crippen LogP contribution is 2.21. The summed E-state index contributed by atoms with van der Waals surface area (Å²) < 4.78 is 0. The first kappa shape index (κ1) is 23.6. The minimum atomic E-state index is -1.29. The number of aliphatic imine (C=N–C) groups is 1. The third-order valence-electron chi connectivity index (χ3n) is 4.11. The first-order valence-corrected chi connectivity index (χ1v) is 9.46. The standard InChI is InChI=1S/C20H22ClN5O5/c21-13-6-4-11(5-7-13)18(30)15(9-17(28)29)26-16(27)10-24-19(31)12-2-1-3-14(8-12)25-20(22)23/h1-8,15,18,30H,9-10H2,(H,24,31)(H,26,27)(H,28,29)(H4,22,23,25). The van der Waals surface area contributed by atoms with Crippen LogP contribution in [0.4, 0.5) is 5.69 Å². The van der Waals surface area contributed by atoms with Gasteiger partial charge < -0.3 is 32.3 Å². The smallest absolute Gasteiger partial charge is 0.305 e. The molecule has 164 valence electrons. The van der Waals surface area contributed by atoms with E-state index in [0.29, 0.717) is 16.3 Å². The van der Waals surface area contributed by atoms with E-state index in [1.54, 1.807) is 12.1 Å². The molecule has 2 rings (SSSR count). The number of halogens is 1. The average Bonchev–Trinajstić information content (AvgIpc) is 2.71. The maximum Gasteiger partial charge on any atom is 0.305 e. The van der Waals surface area contributed by atoms with Crippen LogP contribution in [-0.4, -0.2) is 46.5 Å². The van der Waals surface area contributed by atoms with Gasteiger partial charge in [-0.25, -0.2) is 4.99 Å². The molecule has 0 aromatic heterocycles. The number of carbonyl (C=O) groups excluding carboxylic acids is 2. The molecule has 31 heavy (non-hydrogen) atoms. The van der Waals surface area contributed by atoms with Crippen molar-refractivity contribution < 1.29 is 24.6 Å². The molecule has 0 aliphatic carbocycles. The predicted molar refractivity (Wildman–Crippen MR) is 115 cm³/mol. The first-order chi connectivity index (χ1) is 14.7. The maximum atomic E-state index is 12.3. The van der Waals surface area contributed by atoms with Gasteiger partial charge in [0, 0.05) is 10.6 Å². The molecule has 2 aromatic rings. The monoisotopic (exact) mass is 447 g/mol. The average molecular weight is 448 g/mol. The van der Waals surface area contributed by atoms with Crippen molar-refractivity contribution in [2.45, 2.75) is 18.6 Å². The number of aliphatic hydroxyl groups excluding tert-OH is 1. The van der Waals surface area contributed by atoms with Gasteiger partial charge in [0.1, 0.15) is 0 Å². The van der Waals surface area contributed by atoms with Crippen molar-refractivity contribution in [1.82, 2.24) is 10.6 Å². The molecule has 8 N–H and O–H groups in total. The lowest BCUT2D eigenvalue weighted by atomic mass is 9.99. The Morgan fingerprint density at radius 3 is 2.39 bits per heavy atom. The summed E-state index contributed by atoms with van der Waals surface area (Å²) in [6.45, 7) is -0.436. The Bertz CT molecular complexity index is 976. The van der Waals surface area contributed by atoms with Crippen LogP contribution in [0.5, 0.6) is 0 Å². The van der Waals surface area contributed by atoms with Crippen LogP contribution in [-0.2, 0) is 9.59 Å². The first-order valence-electron chi connectivity index (χ1n) is 9.08. The third-order valence-corrected chi connectivity index (χ3v) is 4.36. The van der Waals surface area contributed by atoms with Crippen LogP contribution in [0.2, 0.25) is 5.02 Å². The maximum absolute atomic E-state index is 12.3. The number of hydrogen-bond acceptors (Lipinski definition) is 5. The summed E-state index contributed by atoms with van der Waals surface area (Å²) in [4.78, 5) is 39.5. The van der Waals surface area contributed by atoms with Crippen LogP contribution in [0.15, 0.2) is 53.5 Å². The van der Waals surface area contributed by atoms with Gasteiger partial charge in [-0.3, -0.25) is 14.4 Å². The number of hydrogen-bond donors (Lipinski definition) is 6. The molecule has 0 aliphatic heterocycles. The molecule has 10 nitrogen and oxygen atoms in total. The minimum Gasteiger partial charge on any atom is -0.481 e. The van der Waals surface area contributed by atoms with E-state index in [-0.39, 0.29) is 11.5 Å². The zero-order chi connectivity index (χ0) is 23.0. The molecule has 0 saturated heterocycles. The summed E-state index contributed by atoms with van der Waals surface area (Å²) in [6, 6.07) is 11.1. The molecule has 0 radical (unpaired) electrons. The molecular weight excluding hydrogens is 426 g/mol. The summed E-state index contributed by atoms with van der Waals surface area (Å²) in [6.07, 6.45) is -1.81. The van der Waals surface area contributed by atoms with Crippen LogP contribution < -0.4 is 22.1 Å². The molecule has 2 unspecified atom stereocenters. The number of nitrogens with two attached hydrogens (primary N) is 2. The summed E-state index contributed by atoms with van der Waals surface area (Å²) in [5, 5.41) is 24.9. The van der Waals surface area contributed by atoms with Crippen molar-refractivity contribution in [1.29, 1.82) is 0 Å². The minimum absolute atomic E-state index is 0.166. The largest absolute Gasteiger partial charge is 0.481 e. The predicted octanol–water partition coefficient (Wildman–Crippen LogP) is 0.668. The van der Waals surface area contributed by atoms with Crippen molar-refractivity contribution in [3.8, 4) is 0 Å². The normalized spacial score (nSPS) is 12.3. The number of benzene rings is 2. The number of carbonyl (C=O) groups is 3. The number of nitrogens with one attached hydrogen (secondary N) is 2. The fraction of sp³-hybridized carbons (Fsp3) is 0.200. The molecule has 11 heteroatoms. The van der Waals surface area contributed by atoms with E-state index in [4.69, 9.17) is 28.2 Å². The van der Waals surface area contributed by atoms with Crippen molar-refractivity contribution in [3.63, 3.8) is 0 Å². The Morgan fingerprint density at radius 2 is 1.77 bits per heavy atom. The molecule has 0 saturated carbocycles. The van der Waals surface area contributed by atoms with Gasteiger partial charge in [-0.1, -0.05) is 29.8 Å². The number of amides is 2. The fourth-order valence-corrected chi connectivity index (χ4v) is 2.83. The van der Waals surface area contributed by atoms with E-state index in [1.807, 2.05) is 0 Å². The molecule has 0 fully saturated rings. The van der Waals surface area contributed by atoms with Crippen LogP contribution in [0.25, 0.3) is 0 Å². The Hall–Kier alpha value is -3.63. The third kappa shape index (κ3) is 7.61. The number of guanidine groups is 1. The number of carboxylic acids is 1. The summed E-state index contributed by atoms with van der Waals surface area (Å²) in [7, 11) is 0. The molecule has 0 spiro atoms. The highest BCUT2D eigenvalue weighted by molar-refractivity contribution is 6.30. The second-order valence-corrected chi connectivity index (χ2v) is 6.97. The molecular formula is C20H22ClN5O5. The number of aliphatic hydroxyl groups is 1. The van der Waals surface area contributed by atoms with Gasteiger partial charge in [0.2, 0.25) is 5.91 Å². The SMILES string of the molecule is NC(N)=Nc1cccc(C(=O)NCC(=O)NC(CC(=O)O)C(O)c2ccc(Cl)cc2)c1. The van der Waals surface area contributed by atoms with E-state index >= 15 is 0 Å². The van der Waals surface area contributed by atoms with Crippen LogP contribution in [0.1, 0.15) is 28.4 Å². The van der Waals surface area contributed by atoms with Crippen LogP contribution in [0, 0.1) is 0 Å². The van der Waals surface area contributed by atoms with Gasteiger partial charge in [0.05, 0.1) is 30.8 Å².